The highest BCUT2D eigenvalue weighted by Crippen LogP contribution is 2.51. The lowest BCUT2D eigenvalue weighted by molar-refractivity contribution is 0.673. The molecular formula is C40H25NOS. The zero-order valence-electron chi connectivity index (χ0n) is 23.2. The minimum Gasteiger partial charge on any atom is -0.455 e. The molecular weight excluding hydrogens is 543 g/mol. The van der Waals surface area contributed by atoms with E-state index in [1.165, 1.54) is 42.1 Å². The summed E-state index contributed by atoms with van der Waals surface area (Å²) in [5, 5.41) is 7.08. The second kappa shape index (κ2) is 9.59. The number of para-hydroxylation sites is 2. The van der Waals surface area contributed by atoms with Gasteiger partial charge < -0.3 is 9.32 Å². The largest absolute Gasteiger partial charge is 0.455 e. The molecule has 2 aromatic heterocycles. The van der Waals surface area contributed by atoms with Crippen LogP contribution in [0.3, 0.4) is 0 Å². The normalized spacial score (nSPS) is 11.7. The fourth-order valence-corrected chi connectivity index (χ4v) is 7.74. The van der Waals surface area contributed by atoms with E-state index in [-0.39, 0.29) is 0 Å². The third kappa shape index (κ3) is 3.72. The molecule has 0 bridgehead atoms. The van der Waals surface area contributed by atoms with E-state index in [1.807, 2.05) is 17.4 Å². The smallest absolute Gasteiger partial charge is 0.144 e. The summed E-state index contributed by atoms with van der Waals surface area (Å²) in [6, 6.07) is 54.2. The number of furan rings is 1. The minimum absolute atomic E-state index is 0.910. The molecule has 2 nitrogen and oxygen atoms in total. The van der Waals surface area contributed by atoms with E-state index in [1.54, 1.807) is 0 Å². The van der Waals surface area contributed by atoms with Crippen LogP contribution in [0, 0.1) is 0 Å². The number of anilines is 3. The Hall–Kier alpha value is -5.38. The van der Waals surface area contributed by atoms with Gasteiger partial charge in [-0.3, -0.25) is 0 Å². The molecule has 0 aliphatic heterocycles. The van der Waals surface area contributed by atoms with Crippen LogP contribution in [0.2, 0.25) is 0 Å². The molecule has 9 rings (SSSR count). The summed E-state index contributed by atoms with van der Waals surface area (Å²) in [4.78, 5) is 2.48. The van der Waals surface area contributed by atoms with Crippen LogP contribution in [0.1, 0.15) is 0 Å². The predicted molar refractivity (Wildman–Crippen MR) is 184 cm³/mol. The van der Waals surface area contributed by atoms with E-state index in [2.05, 4.69) is 150 Å². The van der Waals surface area contributed by atoms with Gasteiger partial charge in [0.15, 0.2) is 0 Å². The van der Waals surface area contributed by atoms with Crippen molar-refractivity contribution in [3.05, 3.63) is 152 Å². The Morgan fingerprint density at radius 2 is 1.16 bits per heavy atom. The van der Waals surface area contributed by atoms with E-state index in [0.29, 0.717) is 0 Å². The Morgan fingerprint density at radius 1 is 0.488 bits per heavy atom. The van der Waals surface area contributed by atoms with Crippen molar-refractivity contribution in [1.82, 2.24) is 0 Å². The molecule has 0 spiro atoms. The molecule has 0 saturated heterocycles. The number of benzene rings is 7. The predicted octanol–water partition coefficient (Wildman–Crippen LogP) is 12.2. The lowest BCUT2D eigenvalue weighted by atomic mass is 9.99. The monoisotopic (exact) mass is 567 g/mol. The van der Waals surface area contributed by atoms with Crippen molar-refractivity contribution in [1.29, 1.82) is 0 Å². The average Bonchev–Trinajstić information content (AvgIpc) is 3.64. The number of thiophene rings is 1. The topological polar surface area (TPSA) is 16.4 Å². The molecule has 0 amide bonds. The van der Waals surface area contributed by atoms with Gasteiger partial charge in [-0.15, -0.1) is 11.3 Å². The molecule has 0 fully saturated rings. The van der Waals surface area contributed by atoms with Gasteiger partial charge in [-0.1, -0.05) is 121 Å². The molecule has 0 unspecified atom stereocenters. The van der Waals surface area contributed by atoms with Crippen molar-refractivity contribution < 1.29 is 4.42 Å². The van der Waals surface area contributed by atoms with Gasteiger partial charge in [-0.25, -0.2) is 0 Å². The maximum absolute atomic E-state index is 6.63. The lowest BCUT2D eigenvalue weighted by Gasteiger charge is -2.29. The lowest BCUT2D eigenvalue weighted by Crippen LogP contribution is -2.12. The fraction of sp³-hybridized carbons (Fsp3) is 0. The highest BCUT2D eigenvalue weighted by molar-refractivity contribution is 7.26. The summed E-state index contributed by atoms with van der Waals surface area (Å²) in [6.45, 7) is 0. The molecule has 43 heavy (non-hydrogen) atoms. The van der Waals surface area contributed by atoms with Crippen molar-refractivity contribution in [2.24, 2.45) is 0 Å². The summed E-state index contributed by atoms with van der Waals surface area (Å²) >= 11 is 1.84. The van der Waals surface area contributed by atoms with Gasteiger partial charge in [0.05, 0.1) is 21.8 Å². The summed E-state index contributed by atoms with van der Waals surface area (Å²) in [5.74, 6) is 0. The van der Waals surface area contributed by atoms with Crippen LogP contribution in [0.25, 0.3) is 64.0 Å². The third-order valence-electron chi connectivity index (χ3n) is 8.45. The Morgan fingerprint density at radius 3 is 2.07 bits per heavy atom. The number of hydrogen-bond donors (Lipinski definition) is 0. The number of nitrogens with zero attached hydrogens (tertiary/aromatic N) is 1. The van der Waals surface area contributed by atoms with Crippen molar-refractivity contribution in [2.75, 3.05) is 4.90 Å². The highest BCUT2D eigenvalue weighted by Gasteiger charge is 2.25. The number of fused-ring (bicyclic) bond motifs is 8. The van der Waals surface area contributed by atoms with Gasteiger partial charge in [0.2, 0.25) is 0 Å². The molecule has 0 N–H and O–H groups in total. The number of rotatable bonds is 4. The zero-order valence-corrected chi connectivity index (χ0v) is 24.0. The van der Waals surface area contributed by atoms with E-state index < -0.39 is 0 Å². The minimum atomic E-state index is 0.910. The molecule has 0 saturated carbocycles. The van der Waals surface area contributed by atoms with Crippen LogP contribution in [0.5, 0.6) is 0 Å². The van der Waals surface area contributed by atoms with E-state index in [4.69, 9.17) is 4.42 Å². The second-order valence-corrected chi connectivity index (χ2v) is 11.9. The maximum Gasteiger partial charge on any atom is 0.144 e. The van der Waals surface area contributed by atoms with Gasteiger partial charge in [0.1, 0.15) is 11.2 Å². The summed E-state index contributed by atoms with van der Waals surface area (Å²) in [7, 11) is 0. The Kier molecular flexibility index (Phi) is 5.40. The molecule has 202 valence electrons. The Bertz CT molecular complexity index is 2460. The first-order chi connectivity index (χ1) is 21.3. The third-order valence-corrected chi connectivity index (χ3v) is 9.64. The van der Waals surface area contributed by atoms with Gasteiger partial charge in [0.25, 0.3) is 0 Å². The molecule has 7 aromatic carbocycles. The maximum atomic E-state index is 6.63. The first kappa shape index (κ1) is 24.2. The van der Waals surface area contributed by atoms with Crippen LogP contribution >= 0.6 is 11.3 Å². The van der Waals surface area contributed by atoms with Crippen molar-refractivity contribution in [3.63, 3.8) is 0 Å². The molecule has 2 heterocycles. The highest BCUT2D eigenvalue weighted by atomic mass is 32.1. The quantitative estimate of drug-likeness (QED) is 0.210. The summed E-state index contributed by atoms with van der Waals surface area (Å²) in [5.41, 5.74) is 7.66. The Labute approximate surface area is 252 Å². The average molecular weight is 568 g/mol. The van der Waals surface area contributed by atoms with Gasteiger partial charge in [0, 0.05) is 37.2 Å². The SMILES string of the molecule is c1ccc(-c2ccccc2N(c2cccc3ccccc23)c2cc3c4ccccc4oc3c3c2sc2ccccc23)cc1. The second-order valence-electron chi connectivity index (χ2n) is 10.9. The summed E-state index contributed by atoms with van der Waals surface area (Å²) < 4.78 is 9.09. The molecule has 0 aliphatic rings. The van der Waals surface area contributed by atoms with Gasteiger partial charge in [-0.05, 0) is 41.3 Å². The van der Waals surface area contributed by atoms with E-state index in [0.717, 1.165) is 39.0 Å². The molecule has 3 heteroatoms. The molecule has 9 aromatic rings. The molecule has 0 aliphatic carbocycles. The van der Waals surface area contributed by atoms with Gasteiger partial charge >= 0.3 is 0 Å². The standard InChI is InChI=1S/C40H25NOS/c1-2-13-26(14-3-1)28-18-6-9-21-33(28)41(34-22-12-16-27-15-4-5-17-29(27)34)35-25-32-30-19-7-10-23-36(30)42-39(32)38-31-20-8-11-24-37(31)43-40(35)38/h1-25H. The van der Waals surface area contributed by atoms with Crippen LogP contribution < -0.4 is 4.90 Å². The summed E-state index contributed by atoms with van der Waals surface area (Å²) in [6.07, 6.45) is 0. The first-order valence-electron chi connectivity index (χ1n) is 14.5. The van der Waals surface area contributed by atoms with Crippen LogP contribution in [0.4, 0.5) is 17.1 Å². The van der Waals surface area contributed by atoms with Crippen LogP contribution in [-0.2, 0) is 0 Å². The van der Waals surface area contributed by atoms with Crippen molar-refractivity contribution in [3.8, 4) is 11.1 Å². The number of hydrogen-bond acceptors (Lipinski definition) is 3. The van der Waals surface area contributed by atoms with Crippen LogP contribution in [0.15, 0.2) is 156 Å². The molecule has 0 atom stereocenters. The van der Waals surface area contributed by atoms with E-state index in [9.17, 15) is 0 Å². The van der Waals surface area contributed by atoms with Crippen molar-refractivity contribution >= 4 is 81.3 Å². The first-order valence-corrected chi connectivity index (χ1v) is 15.3. The Balaban J connectivity index is 1.48. The fourth-order valence-electron chi connectivity index (χ4n) is 6.54. The molecule has 0 radical (unpaired) electrons. The van der Waals surface area contributed by atoms with E-state index >= 15 is 0 Å². The van der Waals surface area contributed by atoms with Crippen molar-refractivity contribution in [2.45, 2.75) is 0 Å². The van der Waals surface area contributed by atoms with Crippen LogP contribution in [-0.4, -0.2) is 0 Å². The van der Waals surface area contributed by atoms with Gasteiger partial charge in [-0.2, -0.15) is 0 Å². The zero-order chi connectivity index (χ0) is 28.3.